The van der Waals surface area contributed by atoms with Gasteiger partial charge in [0.15, 0.2) is 5.13 Å². The molecule has 0 unspecified atom stereocenters. The summed E-state index contributed by atoms with van der Waals surface area (Å²) in [6.45, 7) is 2.38. The number of carboxylic acids is 1. The molecule has 0 aliphatic rings. The molecule has 2 aromatic rings. The van der Waals surface area contributed by atoms with Crippen LogP contribution in [0.2, 0.25) is 0 Å². The fraction of sp³-hybridized carbons (Fsp3) is 0.364. The fourth-order valence-electron chi connectivity index (χ4n) is 1.56. The summed E-state index contributed by atoms with van der Waals surface area (Å²) >= 11 is 1.16. The van der Waals surface area contributed by atoms with Gasteiger partial charge in [0.2, 0.25) is 0 Å². The van der Waals surface area contributed by atoms with Crippen LogP contribution in [0.5, 0.6) is 0 Å². The van der Waals surface area contributed by atoms with Gasteiger partial charge in [-0.25, -0.2) is 9.78 Å². The Kier molecular flexibility index (Phi) is 3.61. The van der Waals surface area contributed by atoms with Gasteiger partial charge >= 0.3 is 5.97 Å². The smallest absolute Gasteiger partial charge is 0.347 e. The third-order valence-corrected chi connectivity index (χ3v) is 3.52. The predicted octanol–water partition coefficient (Wildman–Crippen LogP) is 1.54. The normalized spacial score (nSPS) is 10.6. The molecule has 96 valence electrons. The standard InChI is InChI=1S/C11H14N4O2S/c1-7-9(10(16)17)18-11(13-7)12-5-3-8-4-6-15(2)14-8/h4,6H,3,5H2,1-2H3,(H,12,13)(H,16,17). The Hall–Kier alpha value is -1.89. The summed E-state index contributed by atoms with van der Waals surface area (Å²) in [5, 5.41) is 16.9. The van der Waals surface area contributed by atoms with E-state index in [9.17, 15) is 4.79 Å². The number of aryl methyl sites for hydroxylation is 2. The first-order chi connectivity index (χ1) is 8.56. The van der Waals surface area contributed by atoms with Gasteiger partial charge in [0.1, 0.15) is 4.88 Å². The van der Waals surface area contributed by atoms with Crippen LogP contribution in [0.15, 0.2) is 12.3 Å². The summed E-state index contributed by atoms with van der Waals surface area (Å²) in [6.07, 6.45) is 2.67. The van der Waals surface area contributed by atoms with E-state index in [2.05, 4.69) is 15.4 Å². The number of hydrogen-bond donors (Lipinski definition) is 2. The summed E-state index contributed by atoms with van der Waals surface area (Å²) in [4.78, 5) is 15.3. The number of thiazole rings is 1. The molecule has 0 spiro atoms. The van der Waals surface area contributed by atoms with Gasteiger partial charge < -0.3 is 10.4 Å². The van der Waals surface area contributed by atoms with Crippen LogP contribution in [0.1, 0.15) is 21.1 Å². The summed E-state index contributed by atoms with van der Waals surface area (Å²) in [6, 6.07) is 1.96. The van der Waals surface area contributed by atoms with Crippen molar-refractivity contribution in [1.29, 1.82) is 0 Å². The summed E-state index contributed by atoms with van der Waals surface area (Å²) in [7, 11) is 1.88. The van der Waals surface area contributed by atoms with E-state index in [1.54, 1.807) is 11.6 Å². The number of nitrogens with one attached hydrogen (secondary N) is 1. The monoisotopic (exact) mass is 266 g/mol. The lowest BCUT2D eigenvalue weighted by molar-refractivity contribution is 0.0701. The number of anilines is 1. The maximum absolute atomic E-state index is 10.9. The molecule has 0 aliphatic carbocycles. The number of carboxylic acid groups (broad SMARTS) is 1. The summed E-state index contributed by atoms with van der Waals surface area (Å²) < 4.78 is 1.76. The number of rotatable bonds is 5. The zero-order valence-corrected chi connectivity index (χ0v) is 11.0. The van der Waals surface area contributed by atoms with E-state index in [-0.39, 0.29) is 4.88 Å². The lowest BCUT2D eigenvalue weighted by Gasteiger charge is -1.99. The van der Waals surface area contributed by atoms with Gasteiger partial charge in [0.25, 0.3) is 0 Å². The molecule has 0 saturated carbocycles. The molecule has 0 fully saturated rings. The van der Waals surface area contributed by atoms with Gasteiger partial charge in [-0.15, -0.1) is 0 Å². The average molecular weight is 266 g/mol. The molecular weight excluding hydrogens is 252 g/mol. The Morgan fingerprint density at radius 1 is 1.61 bits per heavy atom. The van der Waals surface area contributed by atoms with Crippen molar-refractivity contribution in [1.82, 2.24) is 14.8 Å². The van der Waals surface area contributed by atoms with Crippen molar-refractivity contribution < 1.29 is 9.90 Å². The Morgan fingerprint density at radius 2 is 2.39 bits per heavy atom. The molecule has 0 radical (unpaired) electrons. The van der Waals surface area contributed by atoms with E-state index in [4.69, 9.17) is 5.11 Å². The lowest BCUT2D eigenvalue weighted by atomic mass is 10.3. The number of aromatic nitrogens is 3. The van der Waals surface area contributed by atoms with Crippen LogP contribution < -0.4 is 5.32 Å². The highest BCUT2D eigenvalue weighted by Crippen LogP contribution is 2.22. The first-order valence-electron chi connectivity index (χ1n) is 5.49. The zero-order chi connectivity index (χ0) is 13.1. The molecule has 0 amide bonds. The SMILES string of the molecule is Cc1nc(NCCc2ccn(C)n2)sc1C(=O)O. The van der Waals surface area contributed by atoms with Crippen LogP contribution in [0.3, 0.4) is 0 Å². The van der Waals surface area contributed by atoms with Gasteiger partial charge in [-0.2, -0.15) is 5.10 Å². The zero-order valence-electron chi connectivity index (χ0n) is 10.2. The number of nitrogens with zero attached hydrogens (tertiary/aromatic N) is 3. The summed E-state index contributed by atoms with van der Waals surface area (Å²) in [5.41, 5.74) is 1.55. The molecule has 0 aliphatic heterocycles. The Labute approximate surface area is 108 Å². The molecule has 2 N–H and O–H groups in total. The van der Waals surface area contributed by atoms with Crippen LogP contribution in [0, 0.1) is 6.92 Å². The Bertz CT molecular complexity index is 561. The van der Waals surface area contributed by atoms with Crippen molar-refractivity contribution in [2.45, 2.75) is 13.3 Å². The molecule has 0 aromatic carbocycles. The largest absolute Gasteiger partial charge is 0.477 e. The molecular formula is C11H14N4O2S. The average Bonchev–Trinajstić information content (AvgIpc) is 2.85. The van der Waals surface area contributed by atoms with Gasteiger partial charge in [-0.05, 0) is 13.0 Å². The van der Waals surface area contributed by atoms with E-state index >= 15 is 0 Å². The van der Waals surface area contributed by atoms with Gasteiger partial charge in [0.05, 0.1) is 11.4 Å². The van der Waals surface area contributed by atoms with Gasteiger partial charge in [-0.3, -0.25) is 4.68 Å². The van der Waals surface area contributed by atoms with E-state index in [1.807, 2.05) is 19.3 Å². The van der Waals surface area contributed by atoms with Crippen molar-refractivity contribution in [2.24, 2.45) is 7.05 Å². The summed E-state index contributed by atoms with van der Waals surface area (Å²) in [5.74, 6) is -0.928. The van der Waals surface area contributed by atoms with E-state index < -0.39 is 5.97 Å². The lowest BCUT2D eigenvalue weighted by Crippen LogP contribution is -2.05. The third kappa shape index (κ3) is 2.86. The second-order valence-electron chi connectivity index (χ2n) is 3.90. The van der Waals surface area contributed by atoms with Crippen LogP contribution in [-0.4, -0.2) is 32.4 Å². The highest BCUT2D eigenvalue weighted by molar-refractivity contribution is 7.17. The number of hydrogen-bond acceptors (Lipinski definition) is 5. The second-order valence-corrected chi connectivity index (χ2v) is 4.90. The van der Waals surface area contributed by atoms with Crippen LogP contribution >= 0.6 is 11.3 Å². The highest BCUT2D eigenvalue weighted by Gasteiger charge is 2.13. The van der Waals surface area contributed by atoms with Crippen LogP contribution in [-0.2, 0) is 13.5 Å². The molecule has 2 rings (SSSR count). The predicted molar refractivity (Wildman–Crippen MR) is 69.2 cm³/mol. The minimum absolute atomic E-state index is 0.287. The first kappa shape index (κ1) is 12.6. The topological polar surface area (TPSA) is 80.0 Å². The first-order valence-corrected chi connectivity index (χ1v) is 6.31. The number of carbonyl (C=O) groups is 1. The molecule has 0 bridgehead atoms. The maximum atomic E-state index is 10.9. The molecule has 18 heavy (non-hydrogen) atoms. The molecule has 2 aromatic heterocycles. The Balaban J connectivity index is 1.90. The Morgan fingerprint density at radius 3 is 2.94 bits per heavy atom. The second kappa shape index (κ2) is 5.18. The van der Waals surface area contributed by atoms with Gasteiger partial charge in [-0.1, -0.05) is 11.3 Å². The fourth-order valence-corrected chi connectivity index (χ4v) is 2.40. The molecule has 0 atom stereocenters. The van der Waals surface area contributed by atoms with Crippen molar-refractivity contribution in [3.63, 3.8) is 0 Å². The minimum Gasteiger partial charge on any atom is -0.477 e. The maximum Gasteiger partial charge on any atom is 0.347 e. The molecule has 7 heteroatoms. The van der Waals surface area contributed by atoms with E-state index in [1.165, 1.54) is 0 Å². The van der Waals surface area contributed by atoms with Gasteiger partial charge in [0, 0.05) is 26.2 Å². The van der Waals surface area contributed by atoms with E-state index in [0.29, 0.717) is 17.4 Å². The third-order valence-electron chi connectivity index (χ3n) is 2.42. The van der Waals surface area contributed by atoms with E-state index in [0.717, 1.165) is 23.5 Å². The minimum atomic E-state index is -0.928. The molecule has 2 heterocycles. The van der Waals surface area contributed by atoms with Crippen molar-refractivity contribution in [3.8, 4) is 0 Å². The van der Waals surface area contributed by atoms with Crippen molar-refractivity contribution in [2.75, 3.05) is 11.9 Å². The molecule has 0 saturated heterocycles. The van der Waals surface area contributed by atoms with Crippen molar-refractivity contribution in [3.05, 3.63) is 28.5 Å². The highest BCUT2D eigenvalue weighted by atomic mass is 32.1. The van der Waals surface area contributed by atoms with Crippen LogP contribution in [0.25, 0.3) is 0 Å². The number of aromatic carboxylic acids is 1. The van der Waals surface area contributed by atoms with Crippen molar-refractivity contribution >= 4 is 22.4 Å². The van der Waals surface area contributed by atoms with Crippen LogP contribution in [0.4, 0.5) is 5.13 Å². The molecule has 6 nitrogen and oxygen atoms in total. The quantitative estimate of drug-likeness (QED) is 0.858.